The van der Waals surface area contributed by atoms with Crippen molar-refractivity contribution in [2.24, 2.45) is 0 Å². The average molecular weight is 525 g/mol. The van der Waals surface area contributed by atoms with Crippen LogP contribution in [0.4, 0.5) is 5.82 Å². The fraction of sp³-hybridized carbons (Fsp3) is 0.192. The maximum absolute atomic E-state index is 13.2. The Kier molecular flexibility index (Phi) is 7.71. The van der Waals surface area contributed by atoms with Gasteiger partial charge in [0.1, 0.15) is 17.3 Å². The molecular formula is C26H25ClN4O4S. The number of pyridine rings is 1. The summed E-state index contributed by atoms with van der Waals surface area (Å²) in [5, 5.41) is -0.186. The predicted octanol–water partition coefficient (Wildman–Crippen LogP) is 5.84. The zero-order chi connectivity index (χ0) is 25.7. The van der Waals surface area contributed by atoms with Gasteiger partial charge in [0.05, 0.1) is 7.11 Å². The summed E-state index contributed by atoms with van der Waals surface area (Å²) in [7, 11) is -2.52. The molecule has 0 atom stereocenters. The number of para-hydroxylation sites is 1. The van der Waals surface area contributed by atoms with E-state index in [9.17, 15) is 8.42 Å². The molecule has 0 radical (unpaired) electrons. The van der Waals surface area contributed by atoms with Gasteiger partial charge in [-0.1, -0.05) is 61.8 Å². The van der Waals surface area contributed by atoms with Gasteiger partial charge in [-0.05, 0) is 47.4 Å². The predicted molar refractivity (Wildman–Crippen MR) is 138 cm³/mol. The number of nitrogens with zero attached hydrogens (tertiary/aromatic N) is 3. The number of aromatic nitrogens is 3. The first-order valence-corrected chi connectivity index (χ1v) is 13.0. The summed E-state index contributed by atoms with van der Waals surface area (Å²) >= 11 is 6.49. The topological polar surface area (TPSA) is 103 Å². The van der Waals surface area contributed by atoms with E-state index in [2.05, 4.69) is 19.7 Å². The highest BCUT2D eigenvalue weighted by Crippen LogP contribution is 2.35. The molecule has 0 aliphatic rings. The molecule has 1 N–H and O–H groups in total. The van der Waals surface area contributed by atoms with Crippen molar-refractivity contribution in [3.8, 4) is 17.2 Å². The van der Waals surface area contributed by atoms with Gasteiger partial charge in [0.2, 0.25) is 5.75 Å². The van der Waals surface area contributed by atoms with E-state index in [-0.39, 0.29) is 27.7 Å². The number of hydrogen-bond acceptors (Lipinski definition) is 7. The zero-order valence-corrected chi connectivity index (χ0v) is 21.5. The SMILES string of the molecule is COc1cccc(Cc2nc(Cl)c(Oc3ccccc3)c(NS(=O)(=O)c3ccc(C(C)C)cn3)n2)c1. The highest BCUT2D eigenvalue weighted by molar-refractivity contribution is 7.92. The lowest BCUT2D eigenvalue weighted by Crippen LogP contribution is -2.17. The third kappa shape index (κ3) is 6.10. The summed E-state index contributed by atoms with van der Waals surface area (Å²) in [6, 6.07) is 19.4. The van der Waals surface area contributed by atoms with Gasteiger partial charge < -0.3 is 9.47 Å². The summed E-state index contributed by atoms with van der Waals surface area (Å²) in [5.41, 5.74) is 1.79. The van der Waals surface area contributed by atoms with Crippen molar-refractivity contribution in [1.29, 1.82) is 0 Å². The summed E-state index contributed by atoms with van der Waals surface area (Å²) in [6.07, 6.45) is 1.83. The van der Waals surface area contributed by atoms with Crippen molar-refractivity contribution in [2.75, 3.05) is 11.8 Å². The van der Waals surface area contributed by atoms with Gasteiger partial charge >= 0.3 is 0 Å². The second-order valence-corrected chi connectivity index (χ2v) is 10.2. The fourth-order valence-electron chi connectivity index (χ4n) is 3.35. The van der Waals surface area contributed by atoms with Gasteiger partial charge in [-0.3, -0.25) is 4.72 Å². The molecule has 0 amide bonds. The average Bonchev–Trinajstić information content (AvgIpc) is 2.87. The highest BCUT2D eigenvalue weighted by atomic mass is 35.5. The van der Waals surface area contributed by atoms with Crippen molar-refractivity contribution >= 4 is 27.4 Å². The van der Waals surface area contributed by atoms with Crippen LogP contribution in [0.1, 0.15) is 36.7 Å². The monoisotopic (exact) mass is 524 g/mol. The minimum atomic E-state index is -4.10. The van der Waals surface area contributed by atoms with Gasteiger partial charge in [-0.25, -0.2) is 15.0 Å². The number of halogens is 1. The van der Waals surface area contributed by atoms with Crippen LogP contribution < -0.4 is 14.2 Å². The van der Waals surface area contributed by atoms with E-state index in [1.165, 1.54) is 6.07 Å². The standard InChI is InChI=1S/C26H25ClN4O4S/c1-17(2)19-12-13-23(28-16-19)36(32,33)31-26-24(35-20-9-5-4-6-10-20)25(27)29-22(30-26)15-18-8-7-11-21(14-18)34-3/h4-14,16-17H,15H2,1-3H3,(H,29,30,31). The Morgan fingerprint density at radius 2 is 1.72 bits per heavy atom. The molecule has 4 aromatic rings. The molecule has 0 fully saturated rings. The molecule has 10 heteroatoms. The minimum Gasteiger partial charge on any atom is -0.497 e. The molecule has 4 rings (SSSR count). The van der Waals surface area contributed by atoms with Crippen LogP contribution in [0.3, 0.4) is 0 Å². The van der Waals surface area contributed by atoms with Crippen molar-refractivity contribution < 1.29 is 17.9 Å². The Balaban J connectivity index is 1.72. The maximum atomic E-state index is 13.2. The Morgan fingerprint density at radius 3 is 2.39 bits per heavy atom. The largest absolute Gasteiger partial charge is 0.497 e. The first kappa shape index (κ1) is 25.4. The van der Waals surface area contributed by atoms with Crippen LogP contribution in [0.25, 0.3) is 0 Å². The second-order valence-electron chi connectivity index (χ2n) is 8.24. The van der Waals surface area contributed by atoms with E-state index < -0.39 is 10.0 Å². The molecule has 2 heterocycles. The number of ether oxygens (including phenoxy) is 2. The lowest BCUT2D eigenvalue weighted by Gasteiger charge is -2.15. The number of anilines is 1. The van der Waals surface area contributed by atoms with Crippen molar-refractivity contribution in [3.63, 3.8) is 0 Å². The number of sulfonamides is 1. The number of benzene rings is 2. The fourth-order valence-corrected chi connectivity index (χ4v) is 4.51. The summed E-state index contributed by atoms with van der Waals surface area (Å²) in [4.78, 5) is 12.9. The molecule has 2 aromatic carbocycles. The Morgan fingerprint density at radius 1 is 0.972 bits per heavy atom. The molecular weight excluding hydrogens is 500 g/mol. The summed E-state index contributed by atoms with van der Waals surface area (Å²) in [6.45, 7) is 4.01. The van der Waals surface area contributed by atoms with Gasteiger partial charge in [-0.2, -0.15) is 8.42 Å². The van der Waals surface area contributed by atoms with Gasteiger partial charge in [0.15, 0.2) is 16.0 Å². The summed E-state index contributed by atoms with van der Waals surface area (Å²) < 4.78 is 40.1. The molecule has 186 valence electrons. The molecule has 0 bridgehead atoms. The third-order valence-electron chi connectivity index (χ3n) is 5.26. The number of methoxy groups -OCH3 is 1. The summed E-state index contributed by atoms with van der Waals surface area (Å²) in [5.74, 6) is 1.54. The lowest BCUT2D eigenvalue weighted by atomic mass is 10.1. The van der Waals surface area contributed by atoms with E-state index in [0.717, 1.165) is 11.1 Å². The Bertz CT molecular complexity index is 1450. The number of rotatable bonds is 9. The first-order valence-electron chi connectivity index (χ1n) is 11.2. The molecule has 36 heavy (non-hydrogen) atoms. The van der Waals surface area contributed by atoms with E-state index in [1.807, 2.05) is 44.2 Å². The van der Waals surface area contributed by atoms with Crippen LogP contribution in [0, 0.1) is 0 Å². The van der Waals surface area contributed by atoms with Crippen molar-refractivity contribution in [3.05, 3.63) is 95.0 Å². The molecule has 0 aliphatic heterocycles. The van der Waals surface area contributed by atoms with Crippen LogP contribution >= 0.6 is 11.6 Å². The van der Waals surface area contributed by atoms with Crippen molar-refractivity contribution in [2.45, 2.75) is 31.2 Å². The van der Waals surface area contributed by atoms with Gasteiger partial charge in [-0.15, -0.1) is 0 Å². The minimum absolute atomic E-state index is 0.0142. The number of hydrogen-bond donors (Lipinski definition) is 1. The van der Waals surface area contributed by atoms with Gasteiger partial charge in [0.25, 0.3) is 10.0 Å². The van der Waals surface area contributed by atoms with Gasteiger partial charge in [0, 0.05) is 12.6 Å². The van der Waals surface area contributed by atoms with E-state index in [0.29, 0.717) is 23.7 Å². The molecule has 0 aliphatic carbocycles. The third-order valence-corrected chi connectivity index (χ3v) is 6.77. The number of nitrogens with one attached hydrogen (secondary N) is 1. The Hall–Kier alpha value is -3.69. The molecule has 0 spiro atoms. The molecule has 0 saturated heterocycles. The maximum Gasteiger partial charge on any atom is 0.280 e. The molecule has 8 nitrogen and oxygen atoms in total. The second kappa shape index (κ2) is 10.9. The normalized spacial score (nSPS) is 11.4. The smallest absolute Gasteiger partial charge is 0.280 e. The molecule has 0 saturated carbocycles. The van der Waals surface area contributed by atoms with Crippen molar-refractivity contribution in [1.82, 2.24) is 15.0 Å². The quantitative estimate of drug-likeness (QED) is 0.274. The van der Waals surface area contributed by atoms with Crippen LogP contribution in [0.2, 0.25) is 5.15 Å². The zero-order valence-electron chi connectivity index (χ0n) is 20.0. The Labute approximate surface area is 215 Å². The van der Waals surface area contributed by atoms with E-state index in [4.69, 9.17) is 21.1 Å². The lowest BCUT2D eigenvalue weighted by molar-refractivity contribution is 0.414. The first-order chi connectivity index (χ1) is 17.2. The van der Waals surface area contributed by atoms with Crippen LogP contribution in [-0.2, 0) is 16.4 Å². The molecule has 2 aromatic heterocycles. The van der Waals surface area contributed by atoms with Crippen LogP contribution in [0.5, 0.6) is 17.2 Å². The molecule has 0 unspecified atom stereocenters. The van der Waals surface area contributed by atoms with Crippen LogP contribution in [-0.4, -0.2) is 30.5 Å². The van der Waals surface area contributed by atoms with E-state index in [1.54, 1.807) is 43.6 Å². The van der Waals surface area contributed by atoms with Crippen LogP contribution in [0.15, 0.2) is 78.0 Å². The highest BCUT2D eigenvalue weighted by Gasteiger charge is 2.23. The van der Waals surface area contributed by atoms with E-state index >= 15 is 0 Å².